The van der Waals surface area contributed by atoms with E-state index in [1.807, 2.05) is 12.1 Å². The monoisotopic (exact) mass is 506 g/mol. The molecule has 0 spiro atoms. The van der Waals surface area contributed by atoms with Gasteiger partial charge in [-0.2, -0.15) is 0 Å². The standard InChI is InChI=1S/C20H34N4O3.HI/c1-6-8-22-20(21-7-2)24-11-9-23(10-12-24)15-16-13-17(25-3)19(27-5)18(14-16)26-4;/h13-14H,6-12,15H2,1-5H3,(H,21,22);1H. The minimum absolute atomic E-state index is 0. The molecule has 2 rings (SSSR count). The number of piperazine rings is 1. The zero-order valence-corrected chi connectivity index (χ0v) is 20.1. The summed E-state index contributed by atoms with van der Waals surface area (Å²) in [4.78, 5) is 9.49. The van der Waals surface area contributed by atoms with Crippen LogP contribution in [0.1, 0.15) is 25.8 Å². The molecule has 28 heavy (non-hydrogen) atoms. The molecule has 0 radical (unpaired) electrons. The SMILES string of the molecule is CCCN=C(NCC)N1CCN(Cc2cc(OC)c(OC)c(OC)c2)CC1.I. The second-order valence-corrected chi connectivity index (χ2v) is 6.53. The number of ether oxygens (including phenoxy) is 3. The van der Waals surface area contributed by atoms with Crippen molar-refractivity contribution in [1.29, 1.82) is 0 Å². The van der Waals surface area contributed by atoms with Crippen molar-refractivity contribution < 1.29 is 14.2 Å². The lowest BCUT2D eigenvalue weighted by molar-refractivity contribution is 0.172. The Bertz CT molecular complexity index is 594. The first-order valence-corrected chi connectivity index (χ1v) is 9.71. The van der Waals surface area contributed by atoms with E-state index in [1.165, 1.54) is 0 Å². The number of aliphatic imine (C=N–C) groups is 1. The number of guanidine groups is 1. The zero-order valence-electron chi connectivity index (χ0n) is 17.8. The molecule has 0 bridgehead atoms. The van der Waals surface area contributed by atoms with Crippen LogP contribution in [-0.4, -0.2) is 76.4 Å². The van der Waals surface area contributed by atoms with E-state index >= 15 is 0 Å². The normalized spacial score (nSPS) is 15.0. The predicted molar refractivity (Wildman–Crippen MR) is 125 cm³/mol. The molecule has 0 unspecified atom stereocenters. The fourth-order valence-corrected chi connectivity index (χ4v) is 3.25. The topological polar surface area (TPSA) is 58.6 Å². The van der Waals surface area contributed by atoms with E-state index < -0.39 is 0 Å². The summed E-state index contributed by atoms with van der Waals surface area (Å²) in [5.74, 6) is 3.07. The van der Waals surface area contributed by atoms with Crippen LogP contribution >= 0.6 is 24.0 Å². The Morgan fingerprint density at radius 1 is 1.00 bits per heavy atom. The van der Waals surface area contributed by atoms with Crippen LogP contribution in [0.25, 0.3) is 0 Å². The fourth-order valence-electron chi connectivity index (χ4n) is 3.25. The van der Waals surface area contributed by atoms with Crippen LogP contribution in [0, 0.1) is 0 Å². The zero-order chi connectivity index (χ0) is 19.6. The molecule has 0 aliphatic carbocycles. The molecule has 1 N–H and O–H groups in total. The van der Waals surface area contributed by atoms with Crippen molar-refractivity contribution >= 4 is 29.9 Å². The number of methoxy groups -OCH3 is 3. The Morgan fingerprint density at radius 2 is 1.61 bits per heavy atom. The Hall–Kier alpha value is -1.42. The number of hydrogen-bond acceptors (Lipinski definition) is 5. The van der Waals surface area contributed by atoms with Crippen molar-refractivity contribution in [3.8, 4) is 17.2 Å². The third kappa shape index (κ3) is 6.58. The maximum Gasteiger partial charge on any atom is 0.203 e. The molecule has 1 fully saturated rings. The number of benzene rings is 1. The van der Waals surface area contributed by atoms with Crippen molar-refractivity contribution in [3.05, 3.63) is 17.7 Å². The molecule has 1 heterocycles. The average molecular weight is 506 g/mol. The average Bonchev–Trinajstić information content (AvgIpc) is 2.71. The summed E-state index contributed by atoms with van der Waals surface area (Å²) in [7, 11) is 4.93. The van der Waals surface area contributed by atoms with Crippen molar-refractivity contribution in [1.82, 2.24) is 15.1 Å². The molecule has 0 saturated carbocycles. The number of rotatable bonds is 8. The molecule has 7 nitrogen and oxygen atoms in total. The first-order chi connectivity index (χ1) is 13.2. The third-order valence-corrected chi connectivity index (χ3v) is 4.62. The molecule has 0 aromatic heterocycles. The molecular weight excluding hydrogens is 471 g/mol. The Balaban J connectivity index is 0.00000392. The minimum atomic E-state index is 0. The van der Waals surface area contributed by atoms with Gasteiger partial charge in [0.05, 0.1) is 21.3 Å². The Labute approximate surface area is 186 Å². The smallest absolute Gasteiger partial charge is 0.203 e. The van der Waals surface area contributed by atoms with E-state index in [1.54, 1.807) is 21.3 Å². The van der Waals surface area contributed by atoms with Gasteiger partial charge in [0, 0.05) is 45.8 Å². The summed E-state index contributed by atoms with van der Waals surface area (Å²) in [6.45, 7) is 10.8. The van der Waals surface area contributed by atoms with Gasteiger partial charge >= 0.3 is 0 Å². The van der Waals surface area contributed by atoms with Crippen LogP contribution in [0.15, 0.2) is 17.1 Å². The molecule has 1 aromatic carbocycles. The lowest BCUT2D eigenvalue weighted by Gasteiger charge is -2.36. The summed E-state index contributed by atoms with van der Waals surface area (Å²) in [6, 6.07) is 4.06. The summed E-state index contributed by atoms with van der Waals surface area (Å²) in [5.41, 5.74) is 1.16. The molecule has 0 atom stereocenters. The highest BCUT2D eigenvalue weighted by Crippen LogP contribution is 2.38. The van der Waals surface area contributed by atoms with Gasteiger partial charge in [0.15, 0.2) is 17.5 Å². The van der Waals surface area contributed by atoms with Crippen LogP contribution in [0.5, 0.6) is 17.2 Å². The maximum atomic E-state index is 5.47. The van der Waals surface area contributed by atoms with E-state index in [-0.39, 0.29) is 24.0 Å². The van der Waals surface area contributed by atoms with E-state index in [9.17, 15) is 0 Å². The molecule has 1 saturated heterocycles. The van der Waals surface area contributed by atoms with E-state index in [0.29, 0.717) is 17.2 Å². The highest BCUT2D eigenvalue weighted by atomic mass is 127. The number of nitrogens with one attached hydrogen (secondary N) is 1. The van der Waals surface area contributed by atoms with Crippen LogP contribution in [0.4, 0.5) is 0 Å². The maximum absolute atomic E-state index is 5.47. The van der Waals surface area contributed by atoms with E-state index in [0.717, 1.165) is 63.8 Å². The summed E-state index contributed by atoms with van der Waals surface area (Å²) >= 11 is 0. The van der Waals surface area contributed by atoms with E-state index in [2.05, 4.69) is 29.0 Å². The Kier molecular flexibility index (Phi) is 11.4. The van der Waals surface area contributed by atoms with Gasteiger partial charge in [-0.1, -0.05) is 6.92 Å². The van der Waals surface area contributed by atoms with Gasteiger partial charge in [-0.25, -0.2) is 0 Å². The fraction of sp³-hybridized carbons (Fsp3) is 0.650. The second-order valence-electron chi connectivity index (χ2n) is 6.53. The molecule has 0 amide bonds. The number of hydrogen-bond donors (Lipinski definition) is 1. The largest absolute Gasteiger partial charge is 0.493 e. The van der Waals surface area contributed by atoms with Crippen LogP contribution < -0.4 is 19.5 Å². The van der Waals surface area contributed by atoms with Crippen molar-refractivity contribution in [2.24, 2.45) is 4.99 Å². The Morgan fingerprint density at radius 3 is 2.07 bits per heavy atom. The van der Waals surface area contributed by atoms with Crippen LogP contribution in [0.3, 0.4) is 0 Å². The van der Waals surface area contributed by atoms with Crippen molar-refractivity contribution in [3.63, 3.8) is 0 Å². The second kappa shape index (κ2) is 12.9. The summed E-state index contributed by atoms with van der Waals surface area (Å²) in [5, 5.41) is 3.40. The van der Waals surface area contributed by atoms with E-state index in [4.69, 9.17) is 19.2 Å². The minimum Gasteiger partial charge on any atom is -0.493 e. The first kappa shape index (κ1) is 24.6. The molecule has 1 aliphatic rings. The quantitative estimate of drug-likeness (QED) is 0.333. The molecule has 8 heteroatoms. The number of halogens is 1. The van der Waals surface area contributed by atoms with Crippen molar-refractivity contribution in [2.75, 3.05) is 60.6 Å². The highest BCUT2D eigenvalue weighted by Gasteiger charge is 2.21. The van der Waals surface area contributed by atoms with Crippen molar-refractivity contribution in [2.45, 2.75) is 26.8 Å². The molecular formula is C20H35IN4O3. The lowest BCUT2D eigenvalue weighted by Crippen LogP contribution is -2.52. The molecule has 1 aromatic rings. The lowest BCUT2D eigenvalue weighted by atomic mass is 10.1. The van der Waals surface area contributed by atoms with Gasteiger partial charge in [0.2, 0.25) is 5.75 Å². The van der Waals surface area contributed by atoms with Gasteiger partial charge in [0.1, 0.15) is 0 Å². The summed E-state index contributed by atoms with van der Waals surface area (Å²) < 4.78 is 16.3. The first-order valence-electron chi connectivity index (χ1n) is 9.71. The van der Waals surface area contributed by atoms with Gasteiger partial charge < -0.3 is 24.4 Å². The van der Waals surface area contributed by atoms with Gasteiger partial charge in [-0.15, -0.1) is 24.0 Å². The van der Waals surface area contributed by atoms with Gasteiger partial charge in [-0.3, -0.25) is 9.89 Å². The molecule has 1 aliphatic heterocycles. The predicted octanol–water partition coefficient (Wildman–Crippen LogP) is 2.82. The number of nitrogens with zero attached hydrogens (tertiary/aromatic N) is 3. The van der Waals surface area contributed by atoms with Crippen LogP contribution in [-0.2, 0) is 6.54 Å². The van der Waals surface area contributed by atoms with Gasteiger partial charge in [-0.05, 0) is 31.0 Å². The summed E-state index contributed by atoms with van der Waals surface area (Å²) in [6.07, 6.45) is 1.07. The van der Waals surface area contributed by atoms with Gasteiger partial charge in [0.25, 0.3) is 0 Å². The highest BCUT2D eigenvalue weighted by molar-refractivity contribution is 14.0. The van der Waals surface area contributed by atoms with Crippen LogP contribution in [0.2, 0.25) is 0 Å². The third-order valence-electron chi connectivity index (χ3n) is 4.62. The molecule has 160 valence electrons.